The van der Waals surface area contributed by atoms with Crippen molar-refractivity contribution >= 4 is 6.03 Å². The highest BCUT2D eigenvalue weighted by molar-refractivity contribution is 5.74. The van der Waals surface area contributed by atoms with Crippen molar-refractivity contribution < 1.29 is 9.53 Å². The maximum Gasteiger partial charge on any atom is 0.317 e. The molecular weight excluding hydrogens is 306 g/mol. The number of nitrogens with zero attached hydrogens (tertiary/aromatic N) is 4. The summed E-state index contributed by atoms with van der Waals surface area (Å²) >= 11 is 0. The number of rotatable bonds is 3. The van der Waals surface area contributed by atoms with Gasteiger partial charge in [0.15, 0.2) is 0 Å². The summed E-state index contributed by atoms with van der Waals surface area (Å²) in [6.45, 7) is 4.86. The number of fused-ring (bicyclic) bond motifs is 3. The smallest absolute Gasteiger partial charge is 0.317 e. The number of hydrogen-bond donors (Lipinski definition) is 1. The standard InChI is InChI=1S/C17H25N5O2/c23-17(20-15-12-21-8-2-13(15)3-9-21)22-10-4-14(5-11-22)24-16-18-6-1-7-19-16/h1,6-7,13-15H,2-5,8-12H2,(H,20,23)/t15-/m0/s1. The summed E-state index contributed by atoms with van der Waals surface area (Å²) in [5, 5.41) is 3.26. The first kappa shape index (κ1) is 15.6. The molecule has 1 aromatic rings. The molecule has 7 nitrogen and oxygen atoms in total. The van der Waals surface area contributed by atoms with Crippen LogP contribution in [0.2, 0.25) is 0 Å². The van der Waals surface area contributed by atoms with Crippen LogP contribution in [-0.4, -0.2) is 70.7 Å². The molecule has 0 unspecified atom stereocenters. The van der Waals surface area contributed by atoms with Crippen molar-refractivity contribution in [1.82, 2.24) is 25.1 Å². The second kappa shape index (κ2) is 6.93. The van der Waals surface area contributed by atoms with Gasteiger partial charge in [0.25, 0.3) is 0 Å². The van der Waals surface area contributed by atoms with Gasteiger partial charge in [0, 0.05) is 50.9 Å². The molecule has 4 aliphatic heterocycles. The number of carbonyl (C=O) groups is 1. The fraction of sp³-hybridized carbons (Fsp3) is 0.706. The Kier molecular flexibility index (Phi) is 4.51. The Labute approximate surface area is 142 Å². The zero-order valence-corrected chi connectivity index (χ0v) is 13.9. The fourth-order valence-corrected chi connectivity index (χ4v) is 4.05. The topological polar surface area (TPSA) is 70.6 Å². The SMILES string of the molecule is O=C(N[C@H]1CN2CCC1CC2)N1CCC(Oc2ncccn2)CC1. The van der Waals surface area contributed by atoms with E-state index in [1.165, 1.54) is 25.9 Å². The van der Waals surface area contributed by atoms with Crippen molar-refractivity contribution in [2.24, 2.45) is 5.92 Å². The highest BCUT2D eigenvalue weighted by atomic mass is 16.5. The van der Waals surface area contributed by atoms with Gasteiger partial charge in [-0.2, -0.15) is 0 Å². The Hall–Kier alpha value is -1.89. The normalized spacial score (nSPS) is 30.2. The molecule has 1 N–H and O–H groups in total. The van der Waals surface area contributed by atoms with E-state index >= 15 is 0 Å². The Bertz CT molecular complexity index is 553. The van der Waals surface area contributed by atoms with E-state index in [1.807, 2.05) is 4.90 Å². The molecule has 4 saturated heterocycles. The minimum Gasteiger partial charge on any atom is -0.460 e. The lowest BCUT2D eigenvalue weighted by Crippen LogP contribution is -2.59. The molecule has 24 heavy (non-hydrogen) atoms. The van der Waals surface area contributed by atoms with Crippen LogP contribution in [0, 0.1) is 5.92 Å². The monoisotopic (exact) mass is 331 g/mol. The van der Waals surface area contributed by atoms with Crippen molar-refractivity contribution in [1.29, 1.82) is 0 Å². The van der Waals surface area contributed by atoms with Gasteiger partial charge in [-0.25, -0.2) is 14.8 Å². The largest absolute Gasteiger partial charge is 0.460 e. The van der Waals surface area contributed by atoms with Crippen molar-refractivity contribution in [3.8, 4) is 6.01 Å². The average molecular weight is 331 g/mol. The number of aromatic nitrogens is 2. The van der Waals surface area contributed by atoms with Gasteiger partial charge in [0.2, 0.25) is 0 Å². The highest BCUT2D eigenvalue weighted by Crippen LogP contribution is 2.27. The summed E-state index contributed by atoms with van der Waals surface area (Å²) < 4.78 is 5.79. The van der Waals surface area contributed by atoms with Gasteiger partial charge < -0.3 is 19.9 Å². The molecule has 2 bridgehead atoms. The van der Waals surface area contributed by atoms with Crippen LogP contribution in [0.3, 0.4) is 0 Å². The molecule has 7 heteroatoms. The predicted molar refractivity (Wildman–Crippen MR) is 88.7 cm³/mol. The highest BCUT2D eigenvalue weighted by Gasteiger charge is 2.36. The first-order chi connectivity index (χ1) is 11.8. The van der Waals surface area contributed by atoms with Gasteiger partial charge in [0.05, 0.1) is 0 Å². The van der Waals surface area contributed by atoms with Crippen LogP contribution in [0.25, 0.3) is 0 Å². The van der Waals surface area contributed by atoms with E-state index in [2.05, 4.69) is 20.2 Å². The third-order valence-corrected chi connectivity index (χ3v) is 5.51. The molecular formula is C17H25N5O2. The quantitative estimate of drug-likeness (QED) is 0.899. The number of ether oxygens (including phenoxy) is 1. The minimum absolute atomic E-state index is 0.0863. The lowest BCUT2D eigenvalue weighted by molar-refractivity contribution is 0.0671. The maximum atomic E-state index is 12.5. The van der Waals surface area contributed by atoms with Crippen LogP contribution in [0.15, 0.2) is 18.5 Å². The summed E-state index contributed by atoms with van der Waals surface area (Å²) in [5.74, 6) is 0.662. The number of likely N-dealkylation sites (tertiary alicyclic amines) is 1. The van der Waals surface area contributed by atoms with E-state index in [9.17, 15) is 4.79 Å². The summed E-state index contributed by atoms with van der Waals surface area (Å²) in [6.07, 6.45) is 7.54. The Morgan fingerprint density at radius 3 is 2.42 bits per heavy atom. The van der Waals surface area contributed by atoms with E-state index in [-0.39, 0.29) is 12.1 Å². The molecule has 0 spiro atoms. The van der Waals surface area contributed by atoms with Crippen molar-refractivity contribution in [3.63, 3.8) is 0 Å². The Morgan fingerprint density at radius 2 is 1.79 bits per heavy atom. The van der Waals surface area contributed by atoms with Crippen LogP contribution in [0.1, 0.15) is 25.7 Å². The number of nitrogens with one attached hydrogen (secondary N) is 1. The van der Waals surface area contributed by atoms with Crippen molar-refractivity contribution in [3.05, 3.63) is 18.5 Å². The first-order valence-electron chi connectivity index (χ1n) is 8.99. The third kappa shape index (κ3) is 3.45. The molecule has 1 aromatic heterocycles. The molecule has 4 fully saturated rings. The van der Waals surface area contributed by atoms with Gasteiger partial charge in [0.1, 0.15) is 6.10 Å². The zero-order chi connectivity index (χ0) is 16.4. The van der Waals surface area contributed by atoms with E-state index in [4.69, 9.17) is 4.74 Å². The van der Waals surface area contributed by atoms with Crippen LogP contribution in [-0.2, 0) is 0 Å². The van der Waals surface area contributed by atoms with Gasteiger partial charge in [-0.15, -0.1) is 0 Å². The number of carbonyl (C=O) groups excluding carboxylic acids is 1. The number of piperidine rings is 4. The van der Waals surface area contributed by atoms with Crippen LogP contribution in [0.4, 0.5) is 4.79 Å². The predicted octanol–water partition coefficient (Wildman–Crippen LogP) is 1.12. The molecule has 0 aliphatic carbocycles. The van der Waals surface area contributed by atoms with Crippen molar-refractivity contribution in [2.75, 3.05) is 32.7 Å². The minimum atomic E-state index is 0.0863. The average Bonchev–Trinajstić information content (AvgIpc) is 2.64. The van der Waals surface area contributed by atoms with E-state index in [0.29, 0.717) is 18.0 Å². The second-order valence-electron chi connectivity index (χ2n) is 7.03. The molecule has 4 aliphatic rings. The number of hydrogen-bond acceptors (Lipinski definition) is 5. The fourth-order valence-electron chi connectivity index (χ4n) is 4.05. The van der Waals surface area contributed by atoms with Crippen molar-refractivity contribution in [2.45, 2.75) is 37.8 Å². The second-order valence-corrected chi connectivity index (χ2v) is 7.03. The number of urea groups is 1. The van der Waals surface area contributed by atoms with Gasteiger partial charge in [-0.05, 0) is 37.9 Å². The first-order valence-corrected chi connectivity index (χ1v) is 8.99. The summed E-state index contributed by atoms with van der Waals surface area (Å²) in [4.78, 5) is 25.1. The summed E-state index contributed by atoms with van der Waals surface area (Å²) in [5.41, 5.74) is 0. The maximum absolute atomic E-state index is 12.5. The van der Waals surface area contributed by atoms with E-state index in [1.54, 1.807) is 18.5 Å². The molecule has 5 heterocycles. The summed E-state index contributed by atoms with van der Waals surface area (Å²) in [7, 11) is 0. The molecule has 1 atom stereocenters. The van der Waals surface area contributed by atoms with Gasteiger partial charge in [-0.3, -0.25) is 0 Å². The lowest BCUT2D eigenvalue weighted by Gasteiger charge is -2.45. The lowest BCUT2D eigenvalue weighted by atomic mass is 9.84. The van der Waals surface area contributed by atoms with Crippen LogP contribution >= 0.6 is 0 Å². The third-order valence-electron chi connectivity index (χ3n) is 5.51. The Balaban J connectivity index is 1.24. The molecule has 0 aromatic carbocycles. The molecule has 2 amide bonds. The van der Waals surface area contributed by atoms with Gasteiger partial charge in [-0.1, -0.05) is 0 Å². The number of amides is 2. The molecule has 130 valence electrons. The van der Waals surface area contributed by atoms with Crippen LogP contribution in [0.5, 0.6) is 6.01 Å². The molecule has 5 rings (SSSR count). The van der Waals surface area contributed by atoms with E-state index < -0.39 is 0 Å². The molecule has 0 radical (unpaired) electrons. The molecule has 0 saturated carbocycles. The summed E-state index contributed by atoms with van der Waals surface area (Å²) in [6, 6.07) is 2.61. The van der Waals surface area contributed by atoms with Crippen LogP contribution < -0.4 is 10.1 Å². The van der Waals surface area contributed by atoms with E-state index in [0.717, 1.165) is 32.5 Å². The Morgan fingerprint density at radius 1 is 1.08 bits per heavy atom. The van der Waals surface area contributed by atoms with Gasteiger partial charge >= 0.3 is 12.0 Å². The zero-order valence-electron chi connectivity index (χ0n) is 13.9.